The summed E-state index contributed by atoms with van der Waals surface area (Å²) in [4.78, 5) is 33.5. The molecule has 1 aliphatic carbocycles. The highest BCUT2D eigenvalue weighted by Gasteiger charge is 2.41. The van der Waals surface area contributed by atoms with E-state index < -0.39 is 22.3 Å². The molecule has 7 aromatic rings. The number of thiophene rings is 1. The van der Waals surface area contributed by atoms with Gasteiger partial charge in [-0.15, -0.1) is 11.3 Å². The molecule has 426 valence electrons. The van der Waals surface area contributed by atoms with Gasteiger partial charge in [0.05, 0.1) is 0 Å². The van der Waals surface area contributed by atoms with Crippen molar-refractivity contribution >= 4 is 100.0 Å². The van der Waals surface area contributed by atoms with Crippen molar-refractivity contribution in [1.29, 1.82) is 0 Å². The van der Waals surface area contributed by atoms with Crippen LogP contribution < -0.4 is 26.3 Å². The van der Waals surface area contributed by atoms with Crippen molar-refractivity contribution in [2.45, 2.75) is 78.8 Å². The number of rotatable bonds is 24. The number of nitrogens with one attached hydrogen (secondary N) is 1. The first-order valence-corrected chi connectivity index (χ1v) is 32.6. The summed E-state index contributed by atoms with van der Waals surface area (Å²) in [6.45, 7) is 19.7. The van der Waals surface area contributed by atoms with E-state index in [0.29, 0.717) is 87.1 Å². The Morgan fingerprint density at radius 1 is 0.663 bits per heavy atom. The van der Waals surface area contributed by atoms with Gasteiger partial charge in [0.25, 0.3) is 0 Å². The summed E-state index contributed by atoms with van der Waals surface area (Å²) in [5.41, 5.74) is 14.2. The second-order valence-corrected chi connectivity index (χ2v) is 28.6. The number of hydrogen-bond acceptors (Lipinski definition) is 10. The van der Waals surface area contributed by atoms with Crippen LogP contribution in [-0.4, -0.2) is 122 Å². The van der Waals surface area contributed by atoms with Gasteiger partial charge in [0.1, 0.15) is 22.2 Å². The van der Waals surface area contributed by atoms with Crippen molar-refractivity contribution in [2.75, 3.05) is 52.7 Å². The molecular weight excluding hydrogens is 1060 g/mol. The molecule has 0 radical (unpaired) electrons. The summed E-state index contributed by atoms with van der Waals surface area (Å²) in [7, 11) is 2.97. The third kappa shape index (κ3) is 13.5. The zero-order chi connectivity index (χ0) is 59.3. The first-order valence-electron chi connectivity index (χ1n) is 28.7. The molecule has 0 unspecified atom stereocenters. The zero-order valence-corrected chi connectivity index (χ0v) is 51.2. The topological polar surface area (TPSA) is 140 Å². The van der Waals surface area contributed by atoms with Crippen LogP contribution in [0.1, 0.15) is 72.9 Å². The number of fused-ring (bicyclic) bond motifs is 4. The molecule has 0 saturated heterocycles. The SMILES string of the molecule is C=C(C)C(=O)CCCCN(Cc1ccccc1B(O)O)Cc1c2ccccc2c(CN(CCCNC(=O)C(=C)C)Cc2ccccc2B(O)O)c2ccc(-c3cc(C4=C5C=CC(=[N+](C)C)C=C5[Si](C)(C)c5cc(N(C)C)ccc54)cs3)cc12. The molecule has 0 bridgehead atoms. The van der Waals surface area contributed by atoms with Crippen molar-refractivity contribution in [3.8, 4) is 10.4 Å². The minimum absolute atomic E-state index is 0.0572. The van der Waals surface area contributed by atoms with E-state index in [4.69, 9.17) is 0 Å². The number of nitrogens with zero attached hydrogens (tertiary/aromatic N) is 4. The lowest BCUT2D eigenvalue weighted by atomic mass is 9.77. The van der Waals surface area contributed by atoms with E-state index in [1.54, 1.807) is 37.3 Å². The lowest BCUT2D eigenvalue weighted by Crippen LogP contribution is -2.49. The number of unbranched alkanes of at least 4 members (excludes halogenated alkanes) is 1. The minimum Gasteiger partial charge on any atom is -0.423 e. The fraction of sp³-hybridized carbons (Fsp3) is 0.279. The third-order valence-electron chi connectivity index (χ3n) is 16.5. The van der Waals surface area contributed by atoms with Crippen LogP contribution >= 0.6 is 11.3 Å². The van der Waals surface area contributed by atoms with Crippen molar-refractivity contribution in [3.05, 3.63) is 207 Å². The van der Waals surface area contributed by atoms with E-state index >= 15 is 0 Å². The summed E-state index contributed by atoms with van der Waals surface area (Å²) in [5.74, 6) is -0.131. The van der Waals surface area contributed by atoms with Gasteiger partial charge in [-0.2, -0.15) is 0 Å². The second-order valence-electron chi connectivity index (χ2n) is 23.3. The summed E-state index contributed by atoms with van der Waals surface area (Å²) in [5, 5.41) is 54.9. The Balaban J connectivity index is 1.21. The molecule has 11 nitrogen and oxygen atoms in total. The van der Waals surface area contributed by atoms with Crippen molar-refractivity contribution in [2.24, 2.45) is 0 Å². The van der Waals surface area contributed by atoms with Gasteiger partial charge < -0.3 is 30.3 Å². The molecule has 2 heterocycles. The van der Waals surface area contributed by atoms with Gasteiger partial charge in [0.15, 0.2) is 11.5 Å². The Morgan fingerprint density at radius 2 is 1.25 bits per heavy atom. The van der Waals surface area contributed by atoms with E-state index in [0.717, 1.165) is 60.7 Å². The first-order chi connectivity index (χ1) is 39.7. The number of carbonyl (C=O) groups is 2. The van der Waals surface area contributed by atoms with Gasteiger partial charge >= 0.3 is 14.2 Å². The second kappa shape index (κ2) is 26.3. The van der Waals surface area contributed by atoms with E-state index in [2.05, 4.69) is 169 Å². The van der Waals surface area contributed by atoms with Gasteiger partial charge in [0.2, 0.25) is 5.91 Å². The monoisotopic (exact) mass is 1140 g/mol. The Morgan fingerprint density at radius 3 is 1.84 bits per heavy atom. The third-order valence-corrected chi connectivity index (χ3v) is 21.0. The fourth-order valence-electron chi connectivity index (χ4n) is 11.9. The number of anilines is 1. The predicted molar refractivity (Wildman–Crippen MR) is 350 cm³/mol. The van der Waals surface area contributed by atoms with E-state index in [1.165, 1.54) is 44.1 Å². The maximum absolute atomic E-state index is 12.8. The average molecular weight is 1140 g/mol. The summed E-state index contributed by atoms with van der Waals surface area (Å²) < 4.78 is 2.19. The largest absolute Gasteiger partial charge is 0.488 e. The number of allylic oxidation sites excluding steroid dienone is 6. The molecule has 2 aliphatic rings. The first kappa shape index (κ1) is 60.5. The zero-order valence-electron chi connectivity index (χ0n) is 49.4. The molecular formula is C68H78B2N5O6SSi+. The molecule has 83 heavy (non-hydrogen) atoms. The maximum Gasteiger partial charge on any atom is 0.488 e. The molecule has 5 N–H and O–H groups in total. The highest BCUT2D eigenvalue weighted by molar-refractivity contribution is 7.13. The molecule has 0 spiro atoms. The van der Waals surface area contributed by atoms with Crippen LogP contribution in [-0.2, 0) is 35.8 Å². The van der Waals surface area contributed by atoms with Crippen LogP contribution in [0, 0.1) is 0 Å². The molecule has 0 atom stereocenters. The predicted octanol–water partition coefficient (Wildman–Crippen LogP) is 9.03. The Bertz CT molecular complexity index is 3780. The fourth-order valence-corrected chi connectivity index (χ4v) is 15.8. The lowest BCUT2D eigenvalue weighted by Gasteiger charge is -2.38. The van der Waals surface area contributed by atoms with Crippen LogP contribution in [0.25, 0.3) is 37.6 Å². The van der Waals surface area contributed by atoms with Gasteiger partial charge in [-0.25, -0.2) is 4.58 Å². The number of carbonyl (C=O) groups excluding carboxylic acids is 2. The van der Waals surface area contributed by atoms with Crippen LogP contribution in [0.5, 0.6) is 0 Å². The van der Waals surface area contributed by atoms with E-state index in [-0.39, 0.29) is 11.7 Å². The van der Waals surface area contributed by atoms with Gasteiger partial charge in [0, 0.05) is 88.1 Å². The summed E-state index contributed by atoms with van der Waals surface area (Å²) in [6.07, 6.45) is 9.46. The molecule has 6 aromatic carbocycles. The van der Waals surface area contributed by atoms with Gasteiger partial charge in [-0.3, -0.25) is 19.4 Å². The number of amides is 1. The van der Waals surface area contributed by atoms with Crippen molar-refractivity contribution in [1.82, 2.24) is 15.1 Å². The van der Waals surface area contributed by atoms with Crippen molar-refractivity contribution in [3.63, 3.8) is 0 Å². The van der Waals surface area contributed by atoms with Gasteiger partial charge in [-0.05, 0) is 174 Å². The lowest BCUT2D eigenvalue weighted by molar-refractivity contribution is -0.462. The highest BCUT2D eigenvalue weighted by atomic mass is 32.1. The summed E-state index contributed by atoms with van der Waals surface area (Å²) in [6, 6.07) is 39.7. The number of benzene rings is 6. The average Bonchev–Trinajstić information content (AvgIpc) is 2.34. The van der Waals surface area contributed by atoms with Crippen molar-refractivity contribution < 1.29 is 34.3 Å². The molecule has 1 aromatic heterocycles. The quantitative estimate of drug-likeness (QED) is 0.0132. The molecule has 15 heteroatoms. The van der Waals surface area contributed by atoms with Crippen LogP contribution in [0.4, 0.5) is 5.69 Å². The molecule has 0 saturated carbocycles. The normalized spacial score (nSPS) is 13.6. The number of ketones is 1. The van der Waals surface area contributed by atoms with Crippen LogP contribution in [0.3, 0.4) is 0 Å². The molecule has 0 fully saturated rings. The Hall–Kier alpha value is -7.04. The molecule has 1 aliphatic heterocycles. The van der Waals surface area contributed by atoms with Crippen LogP contribution in [0.15, 0.2) is 174 Å². The smallest absolute Gasteiger partial charge is 0.423 e. The van der Waals surface area contributed by atoms with Gasteiger partial charge in [-0.1, -0.05) is 117 Å². The molecule has 9 rings (SSSR count). The maximum atomic E-state index is 12.8. The van der Waals surface area contributed by atoms with E-state index in [9.17, 15) is 29.7 Å². The Kier molecular flexibility index (Phi) is 19.2. The molecule has 1 amide bonds. The highest BCUT2D eigenvalue weighted by Crippen LogP contribution is 2.45. The minimum atomic E-state index is -2.18. The standard InChI is InChI=1S/C68H77B2N5O6SSi/c1-45(2)63(76)26-17-18-34-74(40-48-20-11-15-24-61(48)69(78)79)43-60-54-23-14-13-22-53(54)59(42-75(35-19-33-71-68(77)46(3)4)41-49-21-12-16-25-62(49)70(80)81)55-30-27-47(36-58(55)60)64-37-50(44-82-64)67-56-31-28-51(72(5)6)38-65(56)83(9,10)66-39-52(73(7)8)29-32-57(66)67/h11-16,20-25,27-32,36-39,44,78-81H,1,3,17-19,26,33-35,40-43H2,2,4-10H3/p+1. The number of Topliss-reactive ketones (excluding diaryl/α,β-unsaturated/α-hetero) is 1. The van der Waals surface area contributed by atoms with Crippen LogP contribution in [0.2, 0.25) is 13.1 Å². The number of hydrogen-bond donors (Lipinski definition) is 5. The summed E-state index contributed by atoms with van der Waals surface area (Å²) >= 11 is 1.75. The van der Waals surface area contributed by atoms with E-state index in [1.807, 2.05) is 36.4 Å². The Labute approximate surface area is 495 Å².